The van der Waals surface area contributed by atoms with Crippen molar-refractivity contribution in [2.75, 3.05) is 18.1 Å². The van der Waals surface area contributed by atoms with E-state index in [1.54, 1.807) is 12.1 Å². The molecule has 4 N–H and O–H groups in total. The number of nitrogens with zero attached hydrogens (tertiary/aromatic N) is 1. The summed E-state index contributed by atoms with van der Waals surface area (Å²) >= 11 is 0. The minimum atomic E-state index is -0.386. The van der Waals surface area contributed by atoms with Gasteiger partial charge in [0.25, 0.3) is 0 Å². The Balaban J connectivity index is 2.26. The molecule has 98 valence electrons. The van der Waals surface area contributed by atoms with E-state index >= 15 is 0 Å². The number of anilines is 1. The normalized spacial score (nSPS) is 15.2. The van der Waals surface area contributed by atoms with Gasteiger partial charge in [-0.2, -0.15) is 0 Å². The van der Waals surface area contributed by atoms with Crippen LogP contribution in [0.5, 0.6) is 0 Å². The Kier molecular flexibility index (Phi) is 3.81. The van der Waals surface area contributed by atoms with Crippen molar-refractivity contribution in [3.8, 4) is 0 Å². The lowest BCUT2D eigenvalue weighted by atomic mass is 9.91. The fourth-order valence-electron chi connectivity index (χ4n) is 2.21. The molecule has 1 fully saturated rings. The predicted molar refractivity (Wildman–Crippen MR) is 69.5 cm³/mol. The Morgan fingerprint density at radius 3 is 2.67 bits per heavy atom. The molecule has 2 rings (SSSR count). The minimum Gasteiger partial charge on any atom is -0.395 e. The van der Waals surface area contributed by atoms with E-state index in [9.17, 15) is 4.39 Å². The monoisotopic (exact) mass is 251 g/mol. The summed E-state index contributed by atoms with van der Waals surface area (Å²) in [5, 5.41) is 16.4. The number of nitrogen functional groups attached to an aromatic ring is 1. The third kappa shape index (κ3) is 2.46. The summed E-state index contributed by atoms with van der Waals surface area (Å²) in [6.07, 6.45) is 3.22. The molecular weight excluding hydrogens is 233 g/mol. The van der Waals surface area contributed by atoms with Gasteiger partial charge in [-0.15, -0.1) is 0 Å². The van der Waals surface area contributed by atoms with Gasteiger partial charge in [-0.3, -0.25) is 5.41 Å². The van der Waals surface area contributed by atoms with E-state index in [0.29, 0.717) is 23.8 Å². The van der Waals surface area contributed by atoms with E-state index in [2.05, 4.69) is 0 Å². The van der Waals surface area contributed by atoms with Crippen LogP contribution in [0.4, 0.5) is 10.1 Å². The third-order valence-electron chi connectivity index (χ3n) is 3.42. The highest BCUT2D eigenvalue weighted by Crippen LogP contribution is 2.31. The number of benzene rings is 1. The van der Waals surface area contributed by atoms with Crippen molar-refractivity contribution < 1.29 is 9.50 Å². The molecule has 5 heteroatoms. The largest absolute Gasteiger partial charge is 0.395 e. The first kappa shape index (κ1) is 12.8. The van der Waals surface area contributed by atoms with Crippen LogP contribution in [0, 0.1) is 11.2 Å². The van der Waals surface area contributed by atoms with Crippen LogP contribution in [-0.2, 0) is 0 Å². The standard InChI is InChI=1S/C13H18FN3O/c14-11-8-9(13(15)16)4-5-12(11)17(6-7-18)10-2-1-3-10/h4-5,8,10,18H,1-3,6-7H2,(H3,15,16). The summed E-state index contributed by atoms with van der Waals surface area (Å²) in [7, 11) is 0. The van der Waals surface area contributed by atoms with Crippen LogP contribution in [0.2, 0.25) is 0 Å². The second-order valence-corrected chi connectivity index (χ2v) is 4.58. The molecule has 0 bridgehead atoms. The number of amidine groups is 1. The quantitative estimate of drug-likeness (QED) is 0.548. The van der Waals surface area contributed by atoms with E-state index in [-0.39, 0.29) is 18.3 Å². The molecule has 0 saturated heterocycles. The number of nitrogens with two attached hydrogens (primary N) is 1. The van der Waals surface area contributed by atoms with E-state index in [1.165, 1.54) is 6.07 Å². The Morgan fingerprint density at radius 2 is 2.22 bits per heavy atom. The molecule has 4 nitrogen and oxygen atoms in total. The molecular formula is C13H18FN3O. The topological polar surface area (TPSA) is 73.3 Å². The van der Waals surface area contributed by atoms with Crippen molar-refractivity contribution in [1.29, 1.82) is 5.41 Å². The van der Waals surface area contributed by atoms with Crippen molar-refractivity contribution in [3.05, 3.63) is 29.6 Å². The first-order valence-corrected chi connectivity index (χ1v) is 6.15. The Morgan fingerprint density at radius 1 is 1.50 bits per heavy atom. The molecule has 0 spiro atoms. The first-order chi connectivity index (χ1) is 8.63. The lowest BCUT2D eigenvalue weighted by Gasteiger charge is -2.39. The first-order valence-electron chi connectivity index (χ1n) is 6.15. The highest BCUT2D eigenvalue weighted by Gasteiger charge is 2.26. The molecule has 0 unspecified atom stereocenters. The summed E-state index contributed by atoms with van der Waals surface area (Å²) in [5.74, 6) is -0.527. The van der Waals surface area contributed by atoms with Crippen LogP contribution in [0.15, 0.2) is 18.2 Å². The van der Waals surface area contributed by atoms with Crippen LogP contribution >= 0.6 is 0 Å². The molecule has 0 atom stereocenters. The third-order valence-corrected chi connectivity index (χ3v) is 3.42. The smallest absolute Gasteiger partial charge is 0.147 e. The SMILES string of the molecule is N=C(N)c1ccc(N(CCO)C2CCC2)c(F)c1. The van der Waals surface area contributed by atoms with E-state index in [4.69, 9.17) is 16.2 Å². The second-order valence-electron chi connectivity index (χ2n) is 4.58. The molecule has 0 amide bonds. The average molecular weight is 251 g/mol. The van der Waals surface area contributed by atoms with Gasteiger partial charge in [0.1, 0.15) is 11.7 Å². The highest BCUT2D eigenvalue weighted by molar-refractivity contribution is 5.95. The van der Waals surface area contributed by atoms with Gasteiger partial charge < -0.3 is 15.7 Å². The molecule has 0 radical (unpaired) electrons. The number of aliphatic hydroxyl groups excluding tert-OH is 1. The lowest BCUT2D eigenvalue weighted by molar-refractivity contribution is 0.283. The minimum absolute atomic E-state index is 0.00436. The average Bonchev–Trinajstić information content (AvgIpc) is 2.26. The summed E-state index contributed by atoms with van der Waals surface area (Å²) in [5.41, 5.74) is 6.20. The highest BCUT2D eigenvalue weighted by atomic mass is 19.1. The van der Waals surface area contributed by atoms with Crippen molar-refractivity contribution in [2.45, 2.75) is 25.3 Å². The molecule has 1 aromatic carbocycles. The molecule has 1 aromatic rings. The van der Waals surface area contributed by atoms with Crippen LogP contribution < -0.4 is 10.6 Å². The summed E-state index contributed by atoms with van der Waals surface area (Å²) in [4.78, 5) is 1.91. The predicted octanol–water partition coefficient (Wildman–Crippen LogP) is 1.46. The van der Waals surface area contributed by atoms with E-state index in [1.807, 2.05) is 4.90 Å². The molecule has 1 saturated carbocycles. The van der Waals surface area contributed by atoms with Crippen LogP contribution in [0.25, 0.3) is 0 Å². The maximum atomic E-state index is 14.0. The van der Waals surface area contributed by atoms with Gasteiger partial charge >= 0.3 is 0 Å². The van der Waals surface area contributed by atoms with Crippen LogP contribution in [-0.4, -0.2) is 30.1 Å². The summed E-state index contributed by atoms with van der Waals surface area (Å²) in [6, 6.07) is 4.87. The Hall–Kier alpha value is -1.62. The fourth-order valence-corrected chi connectivity index (χ4v) is 2.21. The van der Waals surface area contributed by atoms with Gasteiger partial charge in [0.05, 0.1) is 12.3 Å². The maximum Gasteiger partial charge on any atom is 0.147 e. The molecule has 18 heavy (non-hydrogen) atoms. The van der Waals surface area contributed by atoms with E-state index in [0.717, 1.165) is 19.3 Å². The van der Waals surface area contributed by atoms with Crippen molar-refractivity contribution in [2.24, 2.45) is 5.73 Å². The fraction of sp³-hybridized carbons (Fsp3) is 0.462. The molecule has 1 aliphatic rings. The van der Waals surface area contributed by atoms with Crippen LogP contribution in [0.3, 0.4) is 0 Å². The zero-order valence-corrected chi connectivity index (χ0v) is 10.2. The molecule has 0 heterocycles. The zero-order chi connectivity index (χ0) is 13.1. The number of nitrogens with one attached hydrogen (secondary N) is 1. The summed E-state index contributed by atoms with van der Waals surface area (Å²) < 4.78 is 14.0. The van der Waals surface area contributed by atoms with Gasteiger partial charge in [-0.1, -0.05) is 0 Å². The number of hydrogen-bond acceptors (Lipinski definition) is 3. The van der Waals surface area contributed by atoms with Gasteiger partial charge in [-0.05, 0) is 37.5 Å². The van der Waals surface area contributed by atoms with Gasteiger partial charge in [0.15, 0.2) is 0 Å². The van der Waals surface area contributed by atoms with Crippen molar-refractivity contribution >= 4 is 11.5 Å². The second kappa shape index (κ2) is 5.35. The van der Waals surface area contributed by atoms with Gasteiger partial charge in [0.2, 0.25) is 0 Å². The zero-order valence-electron chi connectivity index (χ0n) is 10.2. The number of aliphatic hydroxyl groups is 1. The Bertz CT molecular complexity index is 446. The van der Waals surface area contributed by atoms with E-state index < -0.39 is 0 Å². The van der Waals surface area contributed by atoms with Crippen molar-refractivity contribution in [1.82, 2.24) is 0 Å². The molecule has 0 aliphatic heterocycles. The summed E-state index contributed by atoms with van der Waals surface area (Å²) in [6.45, 7) is 0.436. The number of hydrogen-bond donors (Lipinski definition) is 3. The molecule has 1 aliphatic carbocycles. The molecule has 0 aromatic heterocycles. The lowest BCUT2D eigenvalue weighted by Crippen LogP contribution is -2.42. The number of rotatable bonds is 5. The van der Waals surface area contributed by atoms with Gasteiger partial charge in [-0.25, -0.2) is 4.39 Å². The Labute approximate surface area is 106 Å². The van der Waals surface area contributed by atoms with Gasteiger partial charge in [0, 0.05) is 18.2 Å². The van der Waals surface area contributed by atoms with Crippen LogP contribution in [0.1, 0.15) is 24.8 Å². The van der Waals surface area contributed by atoms with Crippen molar-refractivity contribution in [3.63, 3.8) is 0 Å². The number of halogens is 1. The maximum absolute atomic E-state index is 14.0.